The number of hydrogen-bond acceptors (Lipinski definition) is 4. The van der Waals surface area contributed by atoms with E-state index in [1.165, 1.54) is 12.3 Å². The molecule has 4 rings (SSSR count). The lowest BCUT2D eigenvalue weighted by atomic mass is 9.59. The van der Waals surface area contributed by atoms with Crippen LogP contribution in [-0.4, -0.2) is 62.6 Å². The number of primary amides is 1. The number of carbonyl (C=O) groups excluding carboxylic acids is 2. The minimum atomic E-state index is -3.35. The van der Waals surface area contributed by atoms with E-state index >= 15 is 0 Å². The van der Waals surface area contributed by atoms with Gasteiger partial charge in [0.2, 0.25) is 5.91 Å². The number of benzene rings is 1. The number of likely N-dealkylation sites (tertiary alicyclic amines) is 2. The molecule has 29 heavy (non-hydrogen) atoms. The highest BCUT2D eigenvalue weighted by molar-refractivity contribution is 7.90. The Morgan fingerprint density at radius 2 is 1.93 bits per heavy atom. The van der Waals surface area contributed by atoms with Crippen LogP contribution in [0.1, 0.15) is 37.2 Å². The van der Waals surface area contributed by atoms with Crippen molar-refractivity contribution in [3.63, 3.8) is 0 Å². The zero-order valence-corrected chi connectivity index (χ0v) is 18.0. The Balaban J connectivity index is 1.41. The van der Waals surface area contributed by atoms with Crippen LogP contribution in [0, 0.1) is 11.3 Å². The van der Waals surface area contributed by atoms with Gasteiger partial charge >= 0.3 is 6.03 Å². The summed E-state index contributed by atoms with van der Waals surface area (Å²) < 4.78 is 24.4. The maximum atomic E-state index is 12.8. The molecule has 1 aromatic rings. The lowest BCUT2D eigenvalue weighted by Gasteiger charge is -2.46. The third-order valence-electron chi connectivity index (χ3n) is 6.74. The van der Waals surface area contributed by atoms with Crippen molar-refractivity contribution in [2.24, 2.45) is 17.1 Å². The summed E-state index contributed by atoms with van der Waals surface area (Å²) in [6, 6.07) is 5.08. The Morgan fingerprint density at radius 3 is 2.55 bits per heavy atom. The molecule has 1 aliphatic carbocycles. The van der Waals surface area contributed by atoms with Gasteiger partial charge < -0.3 is 15.5 Å². The molecule has 1 saturated carbocycles. The Kier molecular flexibility index (Phi) is 5.06. The summed E-state index contributed by atoms with van der Waals surface area (Å²) >= 11 is 6.01. The predicted molar refractivity (Wildman–Crippen MR) is 109 cm³/mol. The lowest BCUT2D eigenvalue weighted by Crippen LogP contribution is -2.44. The molecule has 3 aliphatic rings. The van der Waals surface area contributed by atoms with Crippen LogP contribution in [0.3, 0.4) is 0 Å². The molecule has 0 unspecified atom stereocenters. The van der Waals surface area contributed by atoms with Gasteiger partial charge in [-0.15, -0.1) is 0 Å². The average molecular weight is 440 g/mol. The molecule has 9 heteroatoms. The van der Waals surface area contributed by atoms with E-state index < -0.39 is 9.84 Å². The maximum Gasteiger partial charge on any atom is 0.320 e. The number of hydrogen-bond donors (Lipinski definition) is 1. The van der Waals surface area contributed by atoms with Crippen molar-refractivity contribution < 1.29 is 18.0 Å². The van der Waals surface area contributed by atoms with Gasteiger partial charge in [-0.05, 0) is 54.7 Å². The van der Waals surface area contributed by atoms with Crippen LogP contribution in [0.2, 0.25) is 5.02 Å². The van der Waals surface area contributed by atoms with E-state index in [4.69, 9.17) is 17.3 Å². The molecule has 1 aromatic carbocycles. The zero-order chi connectivity index (χ0) is 21.0. The highest BCUT2D eigenvalue weighted by Crippen LogP contribution is 2.57. The number of amides is 3. The highest BCUT2D eigenvalue weighted by atomic mass is 35.5. The topological polar surface area (TPSA) is 101 Å². The second-order valence-electron chi connectivity index (χ2n) is 8.85. The molecule has 2 saturated heterocycles. The number of nitrogens with zero attached hydrogens (tertiary/aromatic N) is 2. The molecule has 0 aromatic heterocycles. The van der Waals surface area contributed by atoms with Gasteiger partial charge in [0.1, 0.15) is 0 Å². The summed E-state index contributed by atoms with van der Waals surface area (Å²) in [5.74, 6) is -0.425. The fourth-order valence-electron chi connectivity index (χ4n) is 5.17. The van der Waals surface area contributed by atoms with Crippen molar-refractivity contribution in [1.29, 1.82) is 0 Å². The lowest BCUT2D eigenvalue weighted by molar-refractivity contribution is -0.121. The van der Waals surface area contributed by atoms with Crippen LogP contribution < -0.4 is 5.73 Å². The fourth-order valence-corrected chi connectivity index (χ4v) is 6.41. The molecule has 7 nitrogen and oxygen atoms in total. The van der Waals surface area contributed by atoms with E-state index in [0.717, 1.165) is 24.8 Å². The smallest absolute Gasteiger partial charge is 0.320 e. The first kappa shape index (κ1) is 20.5. The van der Waals surface area contributed by atoms with Gasteiger partial charge in [-0.25, -0.2) is 13.2 Å². The van der Waals surface area contributed by atoms with Crippen molar-refractivity contribution in [1.82, 2.24) is 9.80 Å². The van der Waals surface area contributed by atoms with Crippen molar-refractivity contribution >= 4 is 33.4 Å². The summed E-state index contributed by atoms with van der Waals surface area (Å²) in [6.07, 6.45) is 4.49. The van der Waals surface area contributed by atoms with E-state index in [9.17, 15) is 18.0 Å². The molecule has 2 heterocycles. The molecule has 3 fully saturated rings. The first-order valence-electron chi connectivity index (χ1n) is 9.91. The standard InChI is InChI=1S/C20H26ClN3O4S/c1-29(27,28)17-8-15(21)2-3-16(17)14-9-20(10-14)5-7-24(12-20)19(26)23-6-4-13(11-23)18(22)25/h2-3,8,13-14H,4-7,9-12H2,1H3,(H2,22,25)/t13-,14?,20?/m0/s1. The van der Waals surface area contributed by atoms with Gasteiger partial charge in [0, 0.05) is 37.5 Å². The maximum absolute atomic E-state index is 12.8. The van der Waals surface area contributed by atoms with Crippen LogP contribution >= 0.6 is 11.6 Å². The van der Waals surface area contributed by atoms with E-state index in [2.05, 4.69) is 0 Å². The van der Waals surface area contributed by atoms with Crippen LogP contribution in [0.4, 0.5) is 4.79 Å². The number of nitrogens with two attached hydrogens (primary N) is 1. The summed E-state index contributed by atoms with van der Waals surface area (Å²) in [7, 11) is -3.35. The molecule has 158 valence electrons. The molecule has 0 radical (unpaired) electrons. The Morgan fingerprint density at radius 1 is 1.21 bits per heavy atom. The van der Waals surface area contributed by atoms with Crippen LogP contribution in [0.5, 0.6) is 0 Å². The summed E-state index contributed by atoms with van der Waals surface area (Å²) in [5.41, 5.74) is 6.25. The van der Waals surface area contributed by atoms with E-state index in [0.29, 0.717) is 42.5 Å². The molecule has 1 spiro atoms. The highest BCUT2D eigenvalue weighted by Gasteiger charge is 2.51. The third-order valence-corrected chi connectivity index (χ3v) is 8.13. The Bertz CT molecular complexity index is 958. The summed E-state index contributed by atoms with van der Waals surface area (Å²) in [4.78, 5) is 28.1. The molecule has 1 atom stereocenters. The predicted octanol–water partition coefficient (Wildman–Crippen LogP) is 2.24. The fraction of sp³-hybridized carbons (Fsp3) is 0.600. The summed E-state index contributed by atoms with van der Waals surface area (Å²) in [6.45, 7) is 2.36. The minimum absolute atomic E-state index is 0.0163. The SMILES string of the molecule is CS(=O)(=O)c1cc(Cl)ccc1C1CC2(CCN(C(=O)N3CC[C@H](C(N)=O)C3)C2)C1. The van der Waals surface area contributed by atoms with Crippen LogP contribution in [0.25, 0.3) is 0 Å². The van der Waals surface area contributed by atoms with Crippen LogP contribution in [-0.2, 0) is 14.6 Å². The Labute approximate surface area is 176 Å². The number of halogens is 1. The zero-order valence-electron chi connectivity index (χ0n) is 16.4. The quantitative estimate of drug-likeness (QED) is 0.780. The molecule has 0 bridgehead atoms. The third kappa shape index (κ3) is 3.84. The second kappa shape index (κ2) is 7.16. The normalized spacial score (nSPS) is 29.3. The van der Waals surface area contributed by atoms with E-state index in [-0.39, 0.29) is 29.2 Å². The van der Waals surface area contributed by atoms with Crippen LogP contribution in [0.15, 0.2) is 23.1 Å². The first-order valence-corrected chi connectivity index (χ1v) is 12.2. The van der Waals surface area contributed by atoms with Crippen molar-refractivity contribution in [3.05, 3.63) is 28.8 Å². The average Bonchev–Trinajstić information content (AvgIpc) is 3.27. The monoisotopic (exact) mass is 439 g/mol. The molecule has 2 aliphatic heterocycles. The summed E-state index contributed by atoms with van der Waals surface area (Å²) in [5, 5.41) is 0.417. The van der Waals surface area contributed by atoms with Crippen molar-refractivity contribution in [3.8, 4) is 0 Å². The first-order chi connectivity index (χ1) is 13.6. The molecular formula is C20H26ClN3O4S. The molecule has 2 N–H and O–H groups in total. The van der Waals surface area contributed by atoms with Crippen molar-refractivity contribution in [2.75, 3.05) is 32.4 Å². The minimum Gasteiger partial charge on any atom is -0.369 e. The van der Waals surface area contributed by atoms with Gasteiger partial charge in [-0.1, -0.05) is 17.7 Å². The van der Waals surface area contributed by atoms with Gasteiger partial charge in [0.05, 0.1) is 10.8 Å². The second-order valence-corrected chi connectivity index (χ2v) is 11.3. The largest absolute Gasteiger partial charge is 0.369 e. The Hall–Kier alpha value is -1.80. The van der Waals surface area contributed by atoms with Crippen molar-refractivity contribution in [2.45, 2.75) is 36.5 Å². The number of carbonyl (C=O) groups is 2. The van der Waals surface area contributed by atoms with E-state index in [1.54, 1.807) is 11.0 Å². The number of rotatable bonds is 3. The van der Waals surface area contributed by atoms with Gasteiger partial charge in [0.15, 0.2) is 9.84 Å². The number of sulfone groups is 1. The number of urea groups is 1. The van der Waals surface area contributed by atoms with Gasteiger partial charge in [-0.2, -0.15) is 0 Å². The molecular weight excluding hydrogens is 414 g/mol. The van der Waals surface area contributed by atoms with E-state index in [1.807, 2.05) is 11.0 Å². The van der Waals surface area contributed by atoms with Gasteiger partial charge in [0.25, 0.3) is 0 Å². The van der Waals surface area contributed by atoms with Gasteiger partial charge in [-0.3, -0.25) is 4.79 Å². The molecule has 3 amide bonds.